The van der Waals surface area contributed by atoms with E-state index in [9.17, 15) is 16.4 Å². The Labute approximate surface area is 684 Å². The average molecular weight is 1480 g/mol. The van der Waals surface area contributed by atoms with Crippen LogP contribution < -0.4 is 26.2 Å². The number of hydrogen-bond acceptors (Lipinski definition) is 2. The molecule has 0 amide bonds. The van der Waals surface area contributed by atoms with Crippen LogP contribution in [0.1, 0.15) is 95.5 Å². The minimum atomic E-state index is -0.673. The van der Waals surface area contributed by atoms with Gasteiger partial charge < -0.3 is 23.5 Å². The number of hydrogen-bond donors (Lipinski definition) is 0. The van der Waals surface area contributed by atoms with Crippen molar-refractivity contribution >= 4 is 123 Å². The van der Waals surface area contributed by atoms with Gasteiger partial charge in [-0.15, -0.1) is 0 Å². The van der Waals surface area contributed by atoms with Gasteiger partial charge in [-0.1, -0.05) is 305 Å². The van der Waals surface area contributed by atoms with Gasteiger partial charge in [-0.25, -0.2) is 0 Å². The van der Waals surface area contributed by atoms with E-state index in [4.69, 9.17) is 0 Å². The average Bonchev–Trinajstić information content (AvgIpc) is 0.707. The van der Waals surface area contributed by atoms with Crippen LogP contribution >= 0.6 is 0 Å². The van der Waals surface area contributed by atoms with Crippen molar-refractivity contribution in [2.24, 2.45) is 0 Å². The molecule has 0 unspecified atom stereocenters. The lowest BCUT2D eigenvalue weighted by Gasteiger charge is -2.45. The maximum Gasteiger partial charge on any atom is 0.252 e. The molecular formula is C108H86BN5. The van der Waals surface area contributed by atoms with Crippen LogP contribution in [0.3, 0.4) is 0 Å². The van der Waals surface area contributed by atoms with Crippen molar-refractivity contribution in [2.45, 2.75) is 78.6 Å². The lowest BCUT2D eigenvalue weighted by Crippen LogP contribution is -2.61. The molecule has 546 valence electrons. The van der Waals surface area contributed by atoms with Gasteiger partial charge in [0.15, 0.2) is 0 Å². The van der Waals surface area contributed by atoms with E-state index in [0.29, 0.717) is 38.9 Å². The zero-order valence-electron chi connectivity index (χ0n) is 76.9. The van der Waals surface area contributed by atoms with Crippen LogP contribution in [0.15, 0.2) is 358 Å². The normalized spacial score (nSPS) is 14.4. The molecule has 2 aliphatic heterocycles. The standard InChI is InChI=1S/C108H86BN5/c1-106(2,3)77-57-75(58-78(63-77)107(4,5)6)76-61-102-104-103(62-76)114(105-89(71-36-18-12-19-37-71)64-79(108(7,8)9)65-90(105)72-38-20-13-21-39-72)101-68-82(111-96-47-29-24-42-86(96)87-43-25-30-48-97(87)111)51-54-93(101)109(104)92-53-50-81(67-100(92)113(102)83-59-73(69-32-14-10-15-33-69)56-74(60-83)70-34-16-11-17-35-70)112-98-49-31-26-44-88(98)91-66-80(52-55-99(91)112)110-94-45-27-22-40-84(94)85-41-23-28-46-95(85)110/h10-68H,1-9H3/i24D,25D,26D,29D,30D,31D,42D,43D,44D,47D,48D,49D. The summed E-state index contributed by atoms with van der Waals surface area (Å²) in [6.45, 7) is 19.6. The summed E-state index contributed by atoms with van der Waals surface area (Å²) in [5.74, 6) is 0. The number of anilines is 6. The van der Waals surface area contributed by atoms with Crippen molar-refractivity contribution in [3.63, 3.8) is 0 Å². The minimum absolute atomic E-state index is 0.00946. The molecule has 114 heavy (non-hydrogen) atoms. The summed E-state index contributed by atoms with van der Waals surface area (Å²) < 4.78 is 122. The molecule has 6 heteroatoms. The van der Waals surface area contributed by atoms with Crippen molar-refractivity contribution < 1.29 is 16.4 Å². The Morgan fingerprint density at radius 3 is 1.09 bits per heavy atom. The summed E-state index contributed by atoms with van der Waals surface area (Å²) in [7, 11) is 0. The van der Waals surface area contributed by atoms with E-state index in [1.165, 1.54) is 0 Å². The van der Waals surface area contributed by atoms with Gasteiger partial charge in [-0.05, 0) is 209 Å². The first-order valence-corrected chi connectivity index (χ1v) is 39.3. The second-order valence-corrected chi connectivity index (χ2v) is 33.6. The van der Waals surface area contributed by atoms with E-state index in [0.717, 1.165) is 145 Å². The molecule has 0 fully saturated rings. The van der Waals surface area contributed by atoms with Gasteiger partial charge in [-0.2, -0.15) is 0 Å². The molecule has 0 bridgehead atoms. The Bertz CT molecular complexity index is 7590. The predicted molar refractivity (Wildman–Crippen MR) is 487 cm³/mol. The second kappa shape index (κ2) is 26.1. The zero-order chi connectivity index (χ0) is 87.5. The van der Waals surface area contributed by atoms with E-state index in [2.05, 4.69) is 307 Å². The largest absolute Gasteiger partial charge is 0.311 e. The van der Waals surface area contributed by atoms with Crippen LogP contribution in [0.4, 0.5) is 34.1 Å². The molecule has 2 aliphatic rings. The van der Waals surface area contributed by atoms with E-state index in [1.54, 1.807) is 4.57 Å². The van der Waals surface area contributed by atoms with Crippen LogP contribution in [-0.4, -0.2) is 20.4 Å². The predicted octanol–water partition coefficient (Wildman–Crippen LogP) is 27.3. The number of aromatic nitrogens is 3. The van der Waals surface area contributed by atoms with E-state index in [-0.39, 0.29) is 56.8 Å². The summed E-state index contributed by atoms with van der Waals surface area (Å²) in [6, 6.07) is 95.7. The fourth-order valence-electron chi connectivity index (χ4n) is 17.9. The zero-order valence-corrected chi connectivity index (χ0v) is 64.9. The lowest BCUT2D eigenvalue weighted by molar-refractivity contribution is 0.569. The topological polar surface area (TPSA) is 21.3 Å². The number of para-hydroxylation sites is 5. The molecule has 0 saturated heterocycles. The third-order valence-corrected chi connectivity index (χ3v) is 23.6. The lowest BCUT2D eigenvalue weighted by atomic mass is 9.33. The highest BCUT2D eigenvalue weighted by Crippen LogP contribution is 2.54. The molecule has 0 spiro atoms. The molecule has 0 aliphatic carbocycles. The first kappa shape index (κ1) is 56.7. The van der Waals surface area contributed by atoms with Gasteiger partial charge in [0.05, 0.1) is 55.2 Å². The summed E-state index contributed by atoms with van der Waals surface area (Å²) in [5.41, 5.74) is 23.8. The Morgan fingerprint density at radius 2 is 0.605 bits per heavy atom. The van der Waals surface area contributed by atoms with E-state index >= 15 is 0 Å². The first-order chi connectivity index (χ1) is 60.4. The molecule has 19 aromatic rings. The van der Waals surface area contributed by atoms with Gasteiger partial charge >= 0.3 is 0 Å². The van der Waals surface area contributed by atoms with Crippen molar-refractivity contribution in [3.8, 4) is 72.7 Å². The fraction of sp³-hybridized carbons (Fsp3) is 0.111. The van der Waals surface area contributed by atoms with Crippen LogP contribution in [0, 0.1) is 0 Å². The SMILES string of the molecule is [2H]c1c([2H])c([2H])c2c(c1[2H])c1cc(-n3c4ccccc4c4ccccc43)ccc1n2-c1ccc2c(c1)N(c1cc(-c3ccccc3)cc(-c3ccccc3)c1)c1cc(-c3cc(C(C)(C)C)cc(C(C)(C)C)c3)cc3c1B2c1ccc(-n2c4c([2H])c([2H])c([2H])c([2H])c4c4c([2H])c([2H])c([2H])c([2H])c42)cc1N3c1c(-c2ccccc2)cc(C(C)(C)C)cc1-c1ccccc1. The highest BCUT2D eigenvalue weighted by atomic mass is 15.2. The molecular weight excluding hydrogens is 1380 g/mol. The van der Waals surface area contributed by atoms with Crippen LogP contribution in [0.25, 0.3) is 138 Å². The third kappa shape index (κ3) is 11.1. The Hall–Kier alpha value is -13.4. The number of benzene rings is 16. The first-order valence-electron chi connectivity index (χ1n) is 45.3. The Morgan fingerprint density at radius 1 is 0.246 bits per heavy atom. The van der Waals surface area contributed by atoms with Gasteiger partial charge in [-0.3, -0.25) is 0 Å². The highest BCUT2D eigenvalue weighted by molar-refractivity contribution is 7.00. The van der Waals surface area contributed by atoms with Crippen molar-refractivity contribution in [2.75, 3.05) is 9.80 Å². The van der Waals surface area contributed by atoms with Gasteiger partial charge in [0.1, 0.15) is 0 Å². The van der Waals surface area contributed by atoms with Gasteiger partial charge in [0.2, 0.25) is 0 Å². The van der Waals surface area contributed by atoms with Crippen LogP contribution in [-0.2, 0) is 16.2 Å². The minimum Gasteiger partial charge on any atom is -0.311 e. The highest BCUT2D eigenvalue weighted by Gasteiger charge is 2.46. The van der Waals surface area contributed by atoms with Gasteiger partial charge in [0.25, 0.3) is 6.71 Å². The second-order valence-electron chi connectivity index (χ2n) is 33.6. The summed E-state index contributed by atoms with van der Waals surface area (Å²) in [4.78, 5) is 4.84. The molecule has 0 N–H and O–H groups in total. The molecule has 16 aromatic carbocycles. The number of rotatable bonds is 10. The molecule has 0 saturated carbocycles. The molecule has 0 radical (unpaired) electrons. The van der Waals surface area contributed by atoms with E-state index in [1.807, 2.05) is 59.2 Å². The maximum absolute atomic E-state index is 10.2. The number of nitrogens with zero attached hydrogens (tertiary/aromatic N) is 5. The maximum atomic E-state index is 10.2. The number of fused-ring (bicyclic) bond motifs is 13. The molecule has 5 heterocycles. The summed E-state index contributed by atoms with van der Waals surface area (Å²) in [6.07, 6.45) is 0. The molecule has 0 atom stereocenters. The fourth-order valence-corrected chi connectivity index (χ4v) is 17.9. The molecule has 21 rings (SSSR count). The van der Waals surface area contributed by atoms with Crippen LogP contribution in [0.2, 0.25) is 0 Å². The van der Waals surface area contributed by atoms with Crippen LogP contribution in [0.5, 0.6) is 0 Å². The smallest absolute Gasteiger partial charge is 0.252 e. The monoisotopic (exact) mass is 1480 g/mol. The Kier molecular flexibility index (Phi) is 13.0. The van der Waals surface area contributed by atoms with E-state index < -0.39 is 60.5 Å². The third-order valence-electron chi connectivity index (χ3n) is 23.6. The Balaban J connectivity index is 0.955. The van der Waals surface area contributed by atoms with Crippen molar-refractivity contribution in [1.82, 2.24) is 13.7 Å². The van der Waals surface area contributed by atoms with Gasteiger partial charge in [0, 0.05) is 88.9 Å². The quantitative estimate of drug-likeness (QED) is 0.127. The summed E-state index contributed by atoms with van der Waals surface area (Å²) >= 11 is 0. The molecule has 3 aromatic heterocycles. The summed E-state index contributed by atoms with van der Waals surface area (Å²) in [5, 5.41) is 3.08. The van der Waals surface area contributed by atoms with Crippen molar-refractivity contribution in [1.29, 1.82) is 0 Å². The van der Waals surface area contributed by atoms with Crippen molar-refractivity contribution in [3.05, 3.63) is 374 Å². The molecule has 5 nitrogen and oxygen atoms in total.